The second-order valence-corrected chi connectivity index (χ2v) is 12.7. The number of esters is 3. The molecule has 0 heterocycles. The molecule has 0 bridgehead atoms. The van der Waals surface area contributed by atoms with Gasteiger partial charge in [-0.15, -0.1) is 0 Å². The van der Waals surface area contributed by atoms with Gasteiger partial charge in [-0.1, -0.05) is 73.5 Å². The van der Waals surface area contributed by atoms with Gasteiger partial charge in [-0.2, -0.15) is 0 Å². The highest BCUT2D eigenvalue weighted by Crippen LogP contribution is 2.33. The van der Waals surface area contributed by atoms with Crippen LogP contribution in [0.2, 0.25) is 0 Å². The summed E-state index contributed by atoms with van der Waals surface area (Å²) in [4.78, 5) is 73.5. The van der Waals surface area contributed by atoms with Crippen LogP contribution >= 0.6 is 0 Å². The van der Waals surface area contributed by atoms with Crippen molar-refractivity contribution in [3.05, 3.63) is 71.8 Å². The predicted molar refractivity (Wildman–Crippen MR) is 188 cm³/mol. The lowest BCUT2D eigenvalue weighted by atomic mass is 9.79. The first-order chi connectivity index (χ1) is 24.9. The number of carbonyl (C=O) groups is 6. The van der Waals surface area contributed by atoms with E-state index in [2.05, 4.69) is 16.0 Å². The number of hydrogen-bond acceptors (Lipinski definition) is 11. The minimum atomic E-state index is -1.07. The zero-order chi connectivity index (χ0) is 37.9. The van der Waals surface area contributed by atoms with Gasteiger partial charge in [0.1, 0.15) is 18.8 Å². The predicted octanol–water partition coefficient (Wildman–Crippen LogP) is 3.54. The van der Waals surface area contributed by atoms with Crippen LogP contribution in [-0.4, -0.2) is 86.0 Å². The fourth-order valence-corrected chi connectivity index (χ4v) is 6.04. The van der Waals surface area contributed by atoms with E-state index in [4.69, 9.17) is 23.7 Å². The number of ether oxygens (including phenoxy) is 5. The largest absolute Gasteiger partial charge is 0.465 e. The Hall–Kier alpha value is -4.98. The number of amides is 3. The lowest BCUT2D eigenvalue weighted by Crippen LogP contribution is -2.63. The minimum Gasteiger partial charge on any atom is -0.465 e. The molecular weight excluding hydrogens is 674 g/mol. The lowest BCUT2D eigenvalue weighted by Gasteiger charge is -2.45. The number of rotatable bonds is 19. The average Bonchev–Trinajstić information content (AvgIpc) is 3.10. The Morgan fingerprint density at radius 3 is 1.96 bits per heavy atom. The molecule has 1 aliphatic carbocycles. The van der Waals surface area contributed by atoms with Crippen LogP contribution < -0.4 is 16.0 Å². The van der Waals surface area contributed by atoms with E-state index in [-0.39, 0.29) is 31.4 Å². The monoisotopic (exact) mass is 725 g/mol. The number of alkyl carbamates (subject to hydrolysis) is 1. The minimum absolute atomic E-state index is 0.0845. The van der Waals surface area contributed by atoms with Crippen LogP contribution in [0.15, 0.2) is 60.7 Å². The molecule has 0 aliphatic heterocycles. The highest BCUT2D eigenvalue weighted by atomic mass is 16.6. The van der Waals surface area contributed by atoms with Gasteiger partial charge in [0.15, 0.2) is 6.10 Å². The Morgan fingerprint density at radius 2 is 1.35 bits per heavy atom. The standard InChI is InChI=1S/C38H51N3O11/c1-25(42)40-34-33(22-31(24-49-26(2)43)35(51-27(3)44)36(34)52-28(4)45)48-20-14-6-5-13-19-39-37(46)32(21-29-15-9-7-10-16-29)41-38(47)50-23-30-17-11-8-12-18-30/h7-12,15-18,31-36H,5-6,13-14,19-24H2,1-4H3,(H,39,46)(H,40,42)(H,41,47)/t31?,32-,33+,34?,35+,36?/m0/s1. The van der Waals surface area contributed by atoms with Gasteiger partial charge in [0.25, 0.3) is 0 Å². The SMILES string of the molecule is CC(=O)NC1C(OC(C)=O)[C@H](OC(C)=O)C(COC(C)=O)C[C@H]1OCCCCCCNC(=O)[C@H](Cc1ccccc1)NC(=O)OCc1ccccc1. The Balaban J connectivity index is 1.50. The highest BCUT2D eigenvalue weighted by Gasteiger charge is 2.50. The molecule has 0 spiro atoms. The third-order valence-corrected chi connectivity index (χ3v) is 8.36. The van der Waals surface area contributed by atoms with Gasteiger partial charge in [-0.05, 0) is 30.4 Å². The van der Waals surface area contributed by atoms with Crippen molar-refractivity contribution >= 4 is 35.8 Å². The van der Waals surface area contributed by atoms with Gasteiger partial charge in [0, 0.05) is 53.2 Å². The van der Waals surface area contributed by atoms with Crippen molar-refractivity contribution in [2.75, 3.05) is 19.8 Å². The molecule has 2 aromatic rings. The van der Waals surface area contributed by atoms with Crippen LogP contribution in [-0.2, 0) is 60.7 Å². The maximum absolute atomic E-state index is 13.1. The Kier molecular flexibility index (Phi) is 17.6. The molecular formula is C38H51N3O11. The van der Waals surface area contributed by atoms with E-state index in [1.54, 1.807) is 0 Å². The molecule has 1 saturated carbocycles. The second kappa shape index (κ2) is 22.1. The molecule has 0 saturated heterocycles. The van der Waals surface area contributed by atoms with Crippen molar-refractivity contribution in [1.29, 1.82) is 0 Å². The summed E-state index contributed by atoms with van der Waals surface area (Å²) >= 11 is 0. The van der Waals surface area contributed by atoms with Gasteiger partial charge < -0.3 is 39.6 Å². The fourth-order valence-electron chi connectivity index (χ4n) is 6.04. The summed E-state index contributed by atoms with van der Waals surface area (Å²) in [6, 6.07) is 17.0. The zero-order valence-electron chi connectivity index (χ0n) is 30.3. The molecule has 3 rings (SSSR count). The first-order valence-corrected chi connectivity index (χ1v) is 17.6. The van der Waals surface area contributed by atoms with Gasteiger partial charge in [0.2, 0.25) is 11.8 Å². The van der Waals surface area contributed by atoms with Crippen LogP contribution in [0.25, 0.3) is 0 Å². The number of carbonyl (C=O) groups excluding carboxylic acids is 6. The van der Waals surface area contributed by atoms with Crippen LogP contribution in [0.5, 0.6) is 0 Å². The van der Waals surface area contributed by atoms with Crippen molar-refractivity contribution in [1.82, 2.24) is 16.0 Å². The summed E-state index contributed by atoms with van der Waals surface area (Å²) in [5, 5.41) is 8.41. The molecule has 14 heteroatoms. The van der Waals surface area contributed by atoms with E-state index in [1.807, 2.05) is 60.7 Å². The van der Waals surface area contributed by atoms with E-state index < -0.39 is 60.3 Å². The van der Waals surface area contributed by atoms with E-state index in [1.165, 1.54) is 27.7 Å². The molecule has 2 aromatic carbocycles. The van der Waals surface area contributed by atoms with Crippen molar-refractivity contribution in [2.24, 2.45) is 5.92 Å². The quantitative estimate of drug-likeness (QED) is 0.109. The number of unbranched alkanes of at least 4 members (excludes halogenated alkanes) is 3. The number of nitrogens with one attached hydrogen (secondary N) is 3. The number of hydrogen-bond donors (Lipinski definition) is 3. The summed E-state index contributed by atoms with van der Waals surface area (Å²) in [6.45, 7) is 5.72. The van der Waals surface area contributed by atoms with Crippen LogP contribution in [0, 0.1) is 5.92 Å². The van der Waals surface area contributed by atoms with Crippen LogP contribution in [0.1, 0.15) is 70.9 Å². The zero-order valence-corrected chi connectivity index (χ0v) is 30.3. The van der Waals surface area contributed by atoms with Crippen molar-refractivity contribution < 1.29 is 52.5 Å². The summed E-state index contributed by atoms with van der Waals surface area (Å²) in [5.41, 5.74) is 1.73. The smallest absolute Gasteiger partial charge is 0.408 e. The molecule has 0 radical (unpaired) electrons. The first-order valence-electron chi connectivity index (χ1n) is 17.6. The molecule has 1 fully saturated rings. The van der Waals surface area contributed by atoms with E-state index in [9.17, 15) is 28.8 Å². The summed E-state index contributed by atoms with van der Waals surface area (Å²) < 4.78 is 27.9. The van der Waals surface area contributed by atoms with Gasteiger partial charge in [0.05, 0.1) is 18.8 Å². The number of benzene rings is 2. The maximum atomic E-state index is 13.1. The molecule has 1 aliphatic rings. The molecule has 3 unspecified atom stereocenters. The fraction of sp³-hybridized carbons (Fsp3) is 0.526. The molecule has 52 heavy (non-hydrogen) atoms. The van der Waals surface area contributed by atoms with E-state index >= 15 is 0 Å². The van der Waals surface area contributed by atoms with Crippen LogP contribution in [0.4, 0.5) is 4.79 Å². The summed E-state index contributed by atoms with van der Waals surface area (Å²) in [7, 11) is 0. The average molecular weight is 726 g/mol. The summed E-state index contributed by atoms with van der Waals surface area (Å²) in [6.07, 6.45) is 0.0844. The highest BCUT2D eigenvalue weighted by molar-refractivity contribution is 5.86. The van der Waals surface area contributed by atoms with Gasteiger partial charge in [-0.25, -0.2) is 4.79 Å². The van der Waals surface area contributed by atoms with Crippen molar-refractivity contribution in [3.8, 4) is 0 Å². The first kappa shape index (κ1) is 41.4. The van der Waals surface area contributed by atoms with E-state index in [0.717, 1.165) is 24.0 Å². The molecule has 0 aromatic heterocycles. The van der Waals surface area contributed by atoms with Gasteiger partial charge >= 0.3 is 24.0 Å². The van der Waals surface area contributed by atoms with Crippen LogP contribution in [0.3, 0.4) is 0 Å². The third kappa shape index (κ3) is 15.1. The van der Waals surface area contributed by atoms with Crippen molar-refractivity contribution in [2.45, 2.75) is 103 Å². The Labute approximate surface area is 304 Å². The lowest BCUT2D eigenvalue weighted by molar-refractivity contribution is -0.193. The van der Waals surface area contributed by atoms with Gasteiger partial charge in [-0.3, -0.25) is 24.0 Å². The van der Waals surface area contributed by atoms with E-state index in [0.29, 0.717) is 32.4 Å². The Morgan fingerprint density at radius 1 is 0.731 bits per heavy atom. The molecule has 6 atom stereocenters. The molecule has 3 N–H and O–H groups in total. The molecule has 3 amide bonds. The molecule has 14 nitrogen and oxygen atoms in total. The summed E-state index contributed by atoms with van der Waals surface area (Å²) in [5.74, 6) is -3.03. The molecule has 284 valence electrons. The topological polar surface area (TPSA) is 185 Å². The van der Waals surface area contributed by atoms with Crippen molar-refractivity contribution in [3.63, 3.8) is 0 Å². The maximum Gasteiger partial charge on any atom is 0.408 e. The normalized spacial score (nSPS) is 20.0. The Bertz CT molecular complexity index is 1460. The third-order valence-electron chi connectivity index (χ3n) is 8.36. The second-order valence-electron chi connectivity index (χ2n) is 12.7.